The fraction of sp³-hybridized carbons (Fsp3) is 0.667. The van der Waals surface area contributed by atoms with Crippen molar-refractivity contribution in [2.24, 2.45) is 23.2 Å². The zero-order chi connectivity index (χ0) is 21.0. The van der Waals surface area contributed by atoms with Gasteiger partial charge in [0.15, 0.2) is 6.61 Å². The summed E-state index contributed by atoms with van der Waals surface area (Å²) in [5.74, 6) is 3.79. The summed E-state index contributed by atoms with van der Waals surface area (Å²) in [7, 11) is 0. The molecule has 4 aliphatic carbocycles. The zero-order valence-electron chi connectivity index (χ0n) is 17.9. The van der Waals surface area contributed by atoms with Gasteiger partial charge in [-0.3, -0.25) is 9.59 Å². The Labute approximate surface area is 184 Å². The van der Waals surface area contributed by atoms with Gasteiger partial charge in [-0.1, -0.05) is 18.2 Å². The number of benzene rings is 1. The van der Waals surface area contributed by atoms with E-state index in [2.05, 4.69) is 10.6 Å². The standard InChI is InChI=1S/C24H34N2O3S/c1-30-8-7-21(26-22(27)15-29-20-5-3-2-4-6-20)23(28)25-16-24-12-17-9-18(13-24)11-19(10-17)14-24/h2-6,17-19,21H,7-16H2,1H3,(H,25,28)(H,26,27). The van der Waals surface area contributed by atoms with Gasteiger partial charge < -0.3 is 15.4 Å². The summed E-state index contributed by atoms with van der Waals surface area (Å²) >= 11 is 1.69. The van der Waals surface area contributed by atoms with E-state index in [4.69, 9.17) is 4.74 Å². The second-order valence-corrected chi connectivity index (χ2v) is 10.6. The van der Waals surface area contributed by atoms with Gasteiger partial charge in [0.05, 0.1) is 0 Å². The van der Waals surface area contributed by atoms with E-state index in [1.165, 1.54) is 38.5 Å². The summed E-state index contributed by atoms with van der Waals surface area (Å²) in [5.41, 5.74) is 0.300. The van der Waals surface area contributed by atoms with Crippen LogP contribution in [0.3, 0.4) is 0 Å². The summed E-state index contributed by atoms with van der Waals surface area (Å²) in [5, 5.41) is 6.12. The Balaban J connectivity index is 1.29. The Morgan fingerprint density at radius 3 is 2.33 bits per heavy atom. The van der Waals surface area contributed by atoms with Crippen LogP contribution in [0.25, 0.3) is 0 Å². The molecule has 0 aromatic heterocycles. The van der Waals surface area contributed by atoms with Crippen molar-refractivity contribution in [2.45, 2.75) is 51.0 Å². The highest BCUT2D eigenvalue weighted by atomic mass is 32.2. The summed E-state index contributed by atoms with van der Waals surface area (Å²) in [6, 6.07) is 8.77. The van der Waals surface area contributed by atoms with Crippen LogP contribution in [0.5, 0.6) is 5.75 Å². The van der Waals surface area contributed by atoms with E-state index in [9.17, 15) is 9.59 Å². The Morgan fingerprint density at radius 1 is 1.10 bits per heavy atom. The molecule has 0 radical (unpaired) electrons. The van der Waals surface area contributed by atoms with Gasteiger partial charge in [0.2, 0.25) is 5.91 Å². The van der Waals surface area contributed by atoms with Crippen LogP contribution in [-0.4, -0.2) is 43.0 Å². The monoisotopic (exact) mass is 430 g/mol. The molecular formula is C24H34N2O3S. The smallest absolute Gasteiger partial charge is 0.258 e. The van der Waals surface area contributed by atoms with Crippen LogP contribution in [0.2, 0.25) is 0 Å². The predicted octanol–water partition coefficient (Wildman–Crippen LogP) is 3.64. The summed E-state index contributed by atoms with van der Waals surface area (Å²) in [4.78, 5) is 25.4. The van der Waals surface area contributed by atoms with Crippen LogP contribution in [0.15, 0.2) is 30.3 Å². The van der Waals surface area contributed by atoms with Gasteiger partial charge in [0.1, 0.15) is 11.8 Å². The van der Waals surface area contributed by atoms with Crippen molar-refractivity contribution in [3.8, 4) is 5.75 Å². The lowest BCUT2D eigenvalue weighted by atomic mass is 9.49. The van der Waals surface area contributed by atoms with Crippen molar-refractivity contribution in [2.75, 3.05) is 25.2 Å². The van der Waals surface area contributed by atoms with Gasteiger partial charge in [-0.25, -0.2) is 0 Å². The average Bonchev–Trinajstić information content (AvgIpc) is 2.73. The minimum absolute atomic E-state index is 0.0483. The van der Waals surface area contributed by atoms with E-state index in [0.29, 0.717) is 17.6 Å². The number of carbonyl (C=O) groups excluding carboxylic acids is 2. The van der Waals surface area contributed by atoms with E-state index in [0.717, 1.165) is 30.1 Å². The maximum Gasteiger partial charge on any atom is 0.258 e. The minimum atomic E-state index is -0.502. The van der Waals surface area contributed by atoms with Gasteiger partial charge >= 0.3 is 0 Å². The first-order valence-corrected chi connectivity index (χ1v) is 12.7. The van der Waals surface area contributed by atoms with Gasteiger partial charge in [-0.15, -0.1) is 0 Å². The number of carbonyl (C=O) groups is 2. The number of ether oxygens (including phenoxy) is 1. The molecule has 0 heterocycles. The molecule has 0 saturated heterocycles. The van der Waals surface area contributed by atoms with Crippen molar-refractivity contribution in [1.29, 1.82) is 0 Å². The molecule has 2 amide bonds. The maximum atomic E-state index is 13.0. The number of hydrogen-bond acceptors (Lipinski definition) is 4. The molecule has 1 aromatic rings. The molecule has 2 N–H and O–H groups in total. The molecule has 0 spiro atoms. The molecule has 4 aliphatic rings. The lowest BCUT2D eigenvalue weighted by molar-refractivity contribution is -0.131. The van der Waals surface area contributed by atoms with Crippen LogP contribution in [0, 0.1) is 23.2 Å². The molecule has 6 heteroatoms. The SMILES string of the molecule is CSCCC(NC(=O)COc1ccccc1)C(=O)NCC12CC3CC(CC(C3)C1)C2. The Kier molecular flexibility index (Phi) is 6.91. The Bertz CT molecular complexity index is 704. The molecule has 4 saturated carbocycles. The quantitative estimate of drug-likeness (QED) is 0.595. The predicted molar refractivity (Wildman–Crippen MR) is 120 cm³/mol. The minimum Gasteiger partial charge on any atom is -0.484 e. The maximum absolute atomic E-state index is 13.0. The zero-order valence-corrected chi connectivity index (χ0v) is 18.7. The normalized spacial score (nSPS) is 30.0. The van der Waals surface area contributed by atoms with Gasteiger partial charge in [0, 0.05) is 6.54 Å². The number of rotatable bonds is 10. The fourth-order valence-corrected chi connectivity index (χ4v) is 6.78. The fourth-order valence-electron chi connectivity index (χ4n) is 6.31. The van der Waals surface area contributed by atoms with E-state index < -0.39 is 6.04 Å². The van der Waals surface area contributed by atoms with Gasteiger partial charge in [-0.2, -0.15) is 11.8 Å². The first kappa shape index (κ1) is 21.5. The van der Waals surface area contributed by atoms with Crippen molar-refractivity contribution < 1.29 is 14.3 Å². The number of hydrogen-bond donors (Lipinski definition) is 2. The third-order valence-electron chi connectivity index (χ3n) is 7.18. The summed E-state index contributed by atoms with van der Waals surface area (Å²) < 4.78 is 5.53. The first-order chi connectivity index (χ1) is 14.5. The topological polar surface area (TPSA) is 67.4 Å². The van der Waals surface area contributed by atoms with Crippen LogP contribution >= 0.6 is 11.8 Å². The Morgan fingerprint density at radius 2 is 1.73 bits per heavy atom. The molecule has 1 aromatic carbocycles. The number of nitrogens with one attached hydrogen (secondary N) is 2. The number of amides is 2. The highest BCUT2D eigenvalue weighted by Gasteiger charge is 2.50. The molecule has 5 nitrogen and oxygen atoms in total. The molecule has 1 atom stereocenters. The molecule has 164 valence electrons. The summed E-state index contributed by atoms with van der Waals surface area (Å²) in [6.07, 6.45) is 10.7. The van der Waals surface area contributed by atoms with Crippen molar-refractivity contribution in [1.82, 2.24) is 10.6 Å². The van der Waals surface area contributed by atoms with Crippen LogP contribution < -0.4 is 15.4 Å². The molecule has 1 unspecified atom stereocenters. The molecular weight excluding hydrogens is 396 g/mol. The highest BCUT2D eigenvalue weighted by Crippen LogP contribution is 2.59. The van der Waals surface area contributed by atoms with Gasteiger partial charge in [-0.05, 0) is 92.3 Å². The van der Waals surface area contributed by atoms with E-state index in [1.807, 2.05) is 36.6 Å². The lowest BCUT2D eigenvalue weighted by Gasteiger charge is -2.57. The van der Waals surface area contributed by atoms with Crippen molar-refractivity contribution >= 4 is 23.6 Å². The molecule has 30 heavy (non-hydrogen) atoms. The van der Waals surface area contributed by atoms with E-state index in [1.54, 1.807) is 11.8 Å². The third-order valence-corrected chi connectivity index (χ3v) is 7.82. The van der Waals surface area contributed by atoms with Crippen molar-refractivity contribution in [3.63, 3.8) is 0 Å². The first-order valence-electron chi connectivity index (χ1n) is 11.3. The van der Waals surface area contributed by atoms with Gasteiger partial charge in [0.25, 0.3) is 5.91 Å². The largest absolute Gasteiger partial charge is 0.484 e. The van der Waals surface area contributed by atoms with Crippen LogP contribution in [-0.2, 0) is 9.59 Å². The highest BCUT2D eigenvalue weighted by molar-refractivity contribution is 7.98. The number of thioether (sulfide) groups is 1. The molecule has 5 rings (SSSR count). The second-order valence-electron chi connectivity index (χ2n) is 9.64. The second kappa shape index (κ2) is 9.63. The average molecular weight is 431 g/mol. The molecule has 4 fully saturated rings. The lowest BCUT2D eigenvalue weighted by Crippen LogP contribution is -2.54. The van der Waals surface area contributed by atoms with E-state index in [-0.39, 0.29) is 18.4 Å². The Hall–Kier alpha value is -1.69. The van der Waals surface area contributed by atoms with E-state index >= 15 is 0 Å². The summed E-state index contributed by atoms with van der Waals surface area (Å²) in [6.45, 7) is 0.684. The van der Waals surface area contributed by atoms with Crippen molar-refractivity contribution in [3.05, 3.63) is 30.3 Å². The third kappa shape index (κ3) is 5.32. The molecule has 4 bridgehead atoms. The van der Waals surface area contributed by atoms with Crippen LogP contribution in [0.4, 0.5) is 0 Å². The molecule has 0 aliphatic heterocycles. The van der Waals surface area contributed by atoms with Crippen LogP contribution in [0.1, 0.15) is 44.9 Å². The number of para-hydroxylation sites is 1.